The van der Waals surface area contributed by atoms with E-state index in [1.54, 1.807) is 0 Å². The number of halogens is 2. The zero-order valence-electron chi connectivity index (χ0n) is 17.3. The Morgan fingerprint density at radius 1 is 1.07 bits per heavy atom. The Kier molecular flexibility index (Phi) is 11.9. The average Bonchev–Trinajstić information content (AvgIpc) is 2.62. The molecule has 0 radical (unpaired) electrons. The van der Waals surface area contributed by atoms with Crippen LogP contribution < -0.4 is 10.1 Å². The van der Waals surface area contributed by atoms with Crippen LogP contribution in [0.2, 0.25) is 0 Å². The van der Waals surface area contributed by atoms with Crippen molar-refractivity contribution in [2.45, 2.75) is 57.4 Å². The number of benzene rings is 1. The summed E-state index contributed by atoms with van der Waals surface area (Å²) < 4.78 is 31.3. The molecule has 1 amide bonds. The lowest BCUT2D eigenvalue weighted by atomic mass is 10.1. The third kappa shape index (κ3) is 12.1. The molecule has 0 aliphatic carbocycles. The van der Waals surface area contributed by atoms with Crippen molar-refractivity contribution in [3.63, 3.8) is 0 Å². The van der Waals surface area contributed by atoms with Crippen LogP contribution in [-0.2, 0) is 9.59 Å². The molecule has 0 bridgehead atoms. The zero-order chi connectivity index (χ0) is 21.6. The largest absolute Gasteiger partial charge is 0.493 e. The molecule has 0 aromatic heterocycles. The first-order valence-corrected chi connectivity index (χ1v) is 10.0. The molecule has 0 aliphatic rings. The Morgan fingerprint density at radius 2 is 1.72 bits per heavy atom. The van der Waals surface area contributed by atoms with Crippen molar-refractivity contribution >= 4 is 11.9 Å². The van der Waals surface area contributed by atoms with E-state index in [0.717, 1.165) is 50.7 Å². The van der Waals surface area contributed by atoms with E-state index in [4.69, 9.17) is 9.84 Å². The van der Waals surface area contributed by atoms with Crippen LogP contribution in [0, 0.1) is 11.6 Å². The van der Waals surface area contributed by atoms with Crippen LogP contribution in [0.3, 0.4) is 0 Å². The first kappa shape index (κ1) is 24.8. The zero-order valence-corrected chi connectivity index (χ0v) is 17.3. The van der Waals surface area contributed by atoms with Crippen LogP contribution in [0.15, 0.2) is 18.2 Å². The van der Waals surface area contributed by atoms with Gasteiger partial charge in [0.05, 0.1) is 19.1 Å². The molecule has 0 heterocycles. The fourth-order valence-corrected chi connectivity index (χ4v) is 2.96. The van der Waals surface area contributed by atoms with Gasteiger partial charge < -0.3 is 20.1 Å². The number of aliphatic carboxylic acids is 1. The van der Waals surface area contributed by atoms with E-state index in [2.05, 4.69) is 5.32 Å². The number of likely N-dealkylation sites (N-methyl/N-ethyl adjacent to an activating group) is 1. The highest BCUT2D eigenvalue weighted by molar-refractivity contribution is 5.77. The summed E-state index contributed by atoms with van der Waals surface area (Å²) in [6, 6.07) is 3.11. The minimum atomic E-state index is -0.925. The molecular formula is C21H32F2N2O4. The van der Waals surface area contributed by atoms with Gasteiger partial charge in [-0.2, -0.15) is 0 Å². The van der Waals surface area contributed by atoms with E-state index in [0.29, 0.717) is 25.3 Å². The lowest BCUT2D eigenvalue weighted by Crippen LogP contribution is -2.42. The van der Waals surface area contributed by atoms with Crippen LogP contribution in [0.5, 0.6) is 5.75 Å². The Labute approximate surface area is 171 Å². The van der Waals surface area contributed by atoms with Gasteiger partial charge >= 0.3 is 5.97 Å². The molecule has 0 saturated carbocycles. The number of nitrogens with zero attached hydrogens (tertiary/aromatic N) is 1. The lowest BCUT2D eigenvalue weighted by molar-refractivity contribution is -0.137. The highest BCUT2D eigenvalue weighted by Gasteiger charge is 2.16. The molecule has 1 aromatic rings. The van der Waals surface area contributed by atoms with Gasteiger partial charge in [-0.3, -0.25) is 9.59 Å². The number of amides is 1. The predicted molar refractivity (Wildman–Crippen MR) is 107 cm³/mol. The second kappa shape index (κ2) is 13.9. The summed E-state index contributed by atoms with van der Waals surface area (Å²) in [5.41, 5.74) is 0. The third-order valence-corrected chi connectivity index (χ3v) is 4.33. The number of hydrogen-bond donors (Lipinski definition) is 2. The SMILES string of the molecule is CN(C)CC(CC(=O)O)NC(=O)CCCCCCCCOc1ccc(F)c(F)c1. The van der Waals surface area contributed by atoms with Crippen molar-refractivity contribution in [3.8, 4) is 5.75 Å². The van der Waals surface area contributed by atoms with Crippen LogP contribution >= 0.6 is 0 Å². The van der Waals surface area contributed by atoms with Crippen LogP contribution in [0.1, 0.15) is 51.4 Å². The number of unbranched alkanes of at least 4 members (excludes halogenated alkanes) is 5. The fraction of sp³-hybridized carbons (Fsp3) is 0.619. The summed E-state index contributed by atoms with van der Waals surface area (Å²) in [6.45, 7) is 0.939. The maximum Gasteiger partial charge on any atom is 0.305 e. The topological polar surface area (TPSA) is 78.9 Å². The Hall–Kier alpha value is -2.22. The minimum absolute atomic E-state index is 0.0868. The Balaban J connectivity index is 2.05. The van der Waals surface area contributed by atoms with Crippen LogP contribution in [0.4, 0.5) is 8.78 Å². The standard InChI is InChI=1S/C21H32F2N2O4/c1-25(2)15-16(13-21(27)28)24-20(26)9-7-5-3-4-6-8-12-29-17-10-11-18(22)19(23)14-17/h10-11,14,16H,3-9,12-13,15H2,1-2H3,(H,24,26)(H,27,28). The molecular weight excluding hydrogens is 382 g/mol. The summed E-state index contributed by atoms with van der Waals surface area (Å²) in [5, 5.41) is 11.7. The van der Waals surface area contributed by atoms with Crippen LogP contribution in [-0.4, -0.2) is 55.2 Å². The first-order valence-electron chi connectivity index (χ1n) is 10.0. The number of nitrogens with one attached hydrogen (secondary N) is 1. The highest BCUT2D eigenvalue weighted by atomic mass is 19.2. The molecule has 2 N–H and O–H groups in total. The summed E-state index contributed by atoms with van der Waals surface area (Å²) in [4.78, 5) is 24.7. The van der Waals surface area contributed by atoms with E-state index in [9.17, 15) is 18.4 Å². The average molecular weight is 414 g/mol. The molecule has 8 heteroatoms. The van der Waals surface area contributed by atoms with Crippen LogP contribution in [0.25, 0.3) is 0 Å². The summed E-state index contributed by atoms with van der Waals surface area (Å²) in [5.74, 6) is -2.52. The number of carboxylic acid groups (broad SMARTS) is 1. The molecule has 0 fully saturated rings. The first-order chi connectivity index (χ1) is 13.8. The number of rotatable bonds is 15. The van der Waals surface area contributed by atoms with Gasteiger partial charge in [0, 0.05) is 19.0 Å². The summed E-state index contributed by atoms with van der Waals surface area (Å²) in [7, 11) is 3.67. The number of hydrogen-bond acceptors (Lipinski definition) is 4. The molecule has 1 rings (SSSR count). The lowest BCUT2D eigenvalue weighted by Gasteiger charge is -2.20. The minimum Gasteiger partial charge on any atom is -0.493 e. The van der Waals surface area contributed by atoms with Gasteiger partial charge in [0.1, 0.15) is 5.75 Å². The second-order valence-electron chi connectivity index (χ2n) is 7.42. The number of ether oxygens (including phenoxy) is 1. The molecule has 1 unspecified atom stereocenters. The fourth-order valence-electron chi connectivity index (χ4n) is 2.96. The van der Waals surface area contributed by atoms with Gasteiger partial charge in [-0.25, -0.2) is 8.78 Å². The molecule has 0 saturated heterocycles. The third-order valence-electron chi connectivity index (χ3n) is 4.33. The van der Waals surface area contributed by atoms with Gasteiger partial charge in [-0.15, -0.1) is 0 Å². The van der Waals surface area contributed by atoms with Gasteiger partial charge in [-0.05, 0) is 39.1 Å². The maximum atomic E-state index is 13.1. The van der Waals surface area contributed by atoms with E-state index in [1.165, 1.54) is 6.07 Å². The smallest absolute Gasteiger partial charge is 0.305 e. The number of carboxylic acids is 1. The Bertz CT molecular complexity index is 641. The Morgan fingerprint density at radius 3 is 2.34 bits per heavy atom. The molecule has 6 nitrogen and oxygen atoms in total. The van der Waals surface area contributed by atoms with E-state index in [1.807, 2.05) is 19.0 Å². The normalized spacial score (nSPS) is 12.0. The van der Waals surface area contributed by atoms with Gasteiger partial charge in [0.25, 0.3) is 0 Å². The van der Waals surface area contributed by atoms with Crippen molar-refractivity contribution < 1.29 is 28.2 Å². The van der Waals surface area contributed by atoms with E-state index in [-0.39, 0.29) is 18.4 Å². The summed E-state index contributed by atoms with van der Waals surface area (Å²) >= 11 is 0. The predicted octanol–water partition coefficient (Wildman–Crippen LogP) is 3.60. The van der Waals surface area contributed by atoms with E-state index >= 15 is 0 Å². The van der Waals surface area contributed by atoms with E-state index < -0.39 is 17.6 Å². The molecule has 0 spiro atoms. The van der Waals surface area contributed by atoms with Crippen molar-refractivity contribution in [2.24, 2.45) is 0 Å². The highest BCUT2D eigenvalue weighted by Crippen LogP contribution is 2.16. The molecule has 29 heavy (non-hydrogen) atoms. The van der Waals surface area contributed by atoms with Crippen molar-refractivity contribution in [1.82, 2.24) is 10.2 Å². The monoisotopic (exact) mass is 414 g/mol. The molecule has 164 valence electrons. The van der Waals surface area contributed by atoms with Gasteiger partial charge in [0.2, 0.25) is 5.91 Å². The number of carbonyl (C=O) groups is 2. The quantitative estimate of drug-likeness (QED) is 0.429. The van der Waals surface area contributed by atoms with Crippen molar-refractivity contribution in [3.05, 3.63) is 29.8 Å². The maximum absolute atomic E-state index is 13.1. The van der Waals surface area contributed by atoms with Gasteiger partial charge in [-0.1, -0.05) is 25.7 Å². The van der Waals surface area contributed by atoms with Crippen molar-refractivity contribution in [1.29, 1.82) is 0 Å². The molecule has 0 aliphatic heterocycles. The summed E-state index contributed by atoms with van der Waals surface area (Å²) in [6.07, 6.45) is 5.77. The number of carbonyl (C=O) groups excluding carboxylic acids is 1. The molecule has 1 atom stereocenters. The van der Waals surface area contributed by atoms with Crippen molar-refractivity contribution in [2.75, 3.05) is 27.2 Å². The van der Waals surface area contributed by atoms with Gasteiger partial charge in [0.15, 0.2) is 11.6 Å². The second-order valence-corrected chi connectivity index (χ2v) is 7.42. The molecule has 1 aromatic carbocycles.